The molecule has 0 radical (unpaired) electrons. The van der Waals surface area contributed by atoms with E-state index in [2.05, 4.69) is 5.32 Å². The van der Waals surface area contributed by atoms with Gasteiger partial charge in [0.2, 0.25) is 15.9 Å². The molecule has 158 valence electrons. The zero-order valence-corrected chi connectivity index (χ0v) is 16.5. The van der Waals surface area contributed by atoms with Crippen LogP contribution in [0, 0.1) is 17.1 Å². The fourth-order valence-electron chi connectivity index (χ4n) is 4.42. The highest BCUT2D eigenvalue weighted by Gasteiger charge is 2.54. The van der Waals surface area contributed by atoms with Crippen molar-refractivity contribution in [1.29, 1.82) is 5.26 Å². The first-order valence-corrected chi connectivity index (χ1v) is 11.0. The Hall–Kier alpha value is -1.67. The summed E-state index contributed by atoms with van der Waals surface area (Å²) in [4.78, 5) is -0.342. The summed E-state index contributed by atoms with van der Waals surface area (Å²) in [6.45, 7) is 0.638. The Morgan fingerprint density at radius 1 is 1.21 bits per heavy atom. The van der Waals surface area contributed by atoms with E-state index >= 15 is 0 Å². The molecule has 3 aliphatic rings. The lowest BCUT2D eigenvalue weighted by atomic mass is 9.89. The molecule has 4 rings (SSSR count). The molecule has 3 fully saturated rings. The molecular formula is C19H22F3N3O3S. The van der Waals surface area contributed by atoms with Crippen LogP contribution in [0.5, 0.6) is 0 Å². The molecule has 2 saturated heterocycles. The molecule has 1 atom stereocenters. The first-order chi connectivity index (χ1) is 13.6. The fourth-order valence-corrected chi connectivity index (χ4v) is 6.16. The van der Waals surface area contributed by atoms with E-state index < -0.39 is 27.4 Å². The van der Waals surface area contributed by atoms with E-state index in [9.17, 15) is 21.6 Å². The standard InChI is InChI=1S/C19H22F3N3O3S/c20-14-2-1-13(9-23)17(7-14)29(26,27)25-11-18(12-25)8-16(10-28-18)24-15-3-5-19(21,22)6-4-15/h1-2,7,15-16,24H,3-6,8,10-12H2. The number of hydrogen-bond acceptors (Lipinski definition) is 5. The molecule has 1 aliphatic carbocycles. The van der Waals surface area contributed by atoms with Crippen molar-refractivity contribution in [1.82, 2.24) is 9.62 Å². The first-order valence-electron chi connectivity index (χ1n) is 9.60. The summed E-state index contributed by atoms with van der Waals surface area (Å²) in [5.41, 5.74) is -0.725. The second-order valence-electron chi connectivity index (χ2n) is 8.22. The van der Waals surface area contributed by atoms with Crippen LogP contribution in [0.3, 0.4) is 0 Å². The Bertz CT molecular complexity index is 932. The van der Waals surface area contributed by atoms with Crippen LogP contribution >= 0.6 is 0 Å². The third kappa shape index (κ3) is 4.01. The van der Waals surface area contributed by atoms with Gasteiger partial charge >= 0.3 is 0 Å². The van der Waals surface area contributed by atoms with E-state index in [-0.39, 0.29) is 48.5 Å². The average Bonchev–Trinajstić information content (AvgIpc) is 3.07. The van der Waals surface area contributed by atoms with Crippen molar-refractivity contribution < 1.29 is 26.3 Å². The molecule has 1 saturated carbocycles. The van der Waals surface area contributed by atoms with E-state index in [1.807, 2.05) is 0 Å². The van der Waals surface area contributed by atoms with E-state index in [1.54, 1.807) is 6.07 Å². The minimum absolute atomic E-state index is 0.0135. The van der Waals surface area contributed by atoms with Crippen LogP contribution in [0.25, 0.3) is 0 Å². The first kappa shape index (κ1) is 20.6. The van der Waals surface area contributed by atoms with Gasteiger partial charge in [0.25, 0.3) is 0 Å². The van der Waals surface area contributed by atoms with Crippen LogP contribution in [-0.2, 0) is 14.8 Å². The number of nitrogens with zero attached hydrogens (tertiary/aromatic N) is 2. The van der Waals surface area contributed by atoms with Gasteiger partial charge in [-0.25, -0.2) is 21.6 Å². The second kappa shape index (κ2) is 7.23. The van der Waals surface area contributed by atoms with Gasteiger partial charge in [-0.05, 0) is 37.5 Å². The predicted molar refractivity (Wildman–Crippen MR) is 97.3 cm³/mol. The summed E-state index contributed by atoms with van der Waals surface area (Å²) in [5, 5.41) is 12.5. The summed E-state index contributed by atoms with van der Waals surface area (Å²) in [6, 6.07) is 4.85. The summed E-state index contributed by atoms with van der Waals surface area (Å²) in [7, 11) is -4.00. The topological polar surface area (TPSA) is 82.4 Å². The molecule has 1 spiro atoms. The normalized spacial score (nSPS) is 26.9. The van der Waals surface area contributed by atoms with Gasteiger partial charge in [-0.1, -0.05) is 0 Å². The molecule has 1 unspecified atom stereocenters. The zero-order chi connectivity index (χ0) is 20.9. The van der Waals surface area contributed by atoms with E-state index in [4.69, 9.17) is 10.00 Å². The molecule has 0 aromatic heterocycles. The molecule has 2 aliphatic heterocycles. The SMILES string of the molecule is N#Cc1ccc(F)cc1S(=O)(=O)N1CC2(CC(NC3CCC(F)(F)CC3)CO2)C1. The Morgan fingerprint density at radius 3 is 2.55 bits per heavy atom. The van der Waals surface area contributed by atoms with E-state index in [1.165, 1.54) is 4.31 Å². The van der Waals surface area contributed by atoms with Crippen LogP contribution in [0.2, 0.25) is 0 Å². The third-order valence-corrected chi connectivity index (χ3v) is 7.84. The van der Waals surface area contributed by atoms with Gasteiger partial charge in [0.05, 0.1) is 17.8 Å². The number of halogens is 3. The lowest BCUT2D eigenvalue weighted by Crippen LogP contribution is -2.63. The number of benzene rings is 1. The van der Waals surface area contributed by atoms with Crippen LogP contribution in [0.1, 0.15) is 37.7 Å². The molecule has 1 aromatic carbocycles. The number of sulfonamides is 1. The van der Waals surface area contributed by atoms with Gasteiger partial charge in [-0.15, -0.1) is 0 Å². The molecule has 1 aromatic rings. The lowest BCUT2D eigenvalue weighted by molar-refractivity contribution is -0.0773. The molecule has 0 amide bonds. The second-order valence-corrected chi connectivity index (χ2v) is 10.1. The van der Waals surface area contributed by atoms with Crippen molar-refractivity contribution in [2.75, 3.05) is 19.7 Å². The molecule has 10 heteroatoms. The Morgan fingerprint density at radius 2 is 1.90 bits per heavy atom. The maximum absolute atomic E-state index is 13.5. The van der Waals surface area contributed by atoms with Gasteiger partial charge in [0.1, 0.15) is 16.8 Å². The van der Waals surface area contributed by atoms with Crippen molar-refractivity contribution in [3.8, 4) is 6.07 Å². The number of hydrogen-bond donors (Lipinski definition) is 1. The average molecular weight is 429 g/mol. The number of rotatable bonds is 4. The summed E-state index contributed by atoms with van der Waals surface area (Å²) < 4.78 is 72.8. The van der Waals surface area contributed by atoms with Crippen molar-refractivity contribution in [2.45, 2.75) is 60.6 Å². The Kier molecular flexibility index (Phi) is 5.14. The third-order valence-electron chi connectivity index (χ3n) is 6.01. The summed E-state index contributed by atoms with van der Waals surface area (Å²) >= 11 is 0. The molecule has 6 nitrogen and oxygen atoms in total. The Balaban J connectivity index is 1.36. The minimum Gasteiger partial charge on any atom is -0.371 e. The van der Waals surface area contributed by atoms with Gasteiger partial charge in [0, 0.05) is 38.0 Å². The van der Waals surface area contributed by atoms with Crippen molar-refractivity contribution in [3.05, 3.63) is 29.6 Å². The minimum atomic E-state index is -4.00. The monoisotopic (exact) mass is 429 g/mol. The van der Waals surface area contributed by atoms with Gasteiger partial charge in [0.15, 0.2) is 0 Å². The predicted octanol–water partition coefficient (Wildman–Crippen LogP) is 2.40. The molecule has 0 bridgehead atoms. The van der Waals surface area contributed by atoms with Gasteiger partial charge in [-0.3, -0.25) is 0 Å². The lowest BCUT2D eigenvalue weighted by Gasteiger charge is -2.46. The highest BCUT2D eigenvalue weighted by atomic mass is 32.2. The number of ether oxygens (including phenoxy) is 1. The van der Waals surface area contributed by atoms with Crippen molar-refractivity contribution in [3.63, 3.8) is 0 Å². The highest BCUT2D eigenvalue weighted by Crippen LogP contribution is 2.40. The fraction of sp³-hybridized carbons (Fsp3) is 0.632. The van der Waals surface area contributed by atoms with Gasteiger partial charge in [-0.2, -0.15) is 9.57 Å². The van der Waals surface area contributed by atoms with Crippen LogP contribution in [0.4, 0.5) is 13.2 Å². The Labute approximate surface area is 167 Å². The molecule has 29 heavy (non-hydrogen) atoms. The van der Waals surface area contributed by atoms with Crippen molar-refractivity contribution >= 4 is 10.0 Å². The maximum Gasteiger partial charge on any atom is 0.248 e. The van der Waals surface area contributed by atoms with Crippen LogP contribution in [0.15, 0.2) is 23.1 Å². The number of alkyl halides is 2. The smallest absolute Gasteiger partial charge is 0.248 e. The van der Waals surface area contributed by atoms with Crippen molar-refractivity contribution in [2.24, 2.45) is 0 Å². The number of nitriles is 1. The zero-order valence-electron chi connectivity index (χ0n) is 15.7. The highest BCUT2D eigenvalue weighted by molar-refractivity contribution is 7.89. The molecule has 2 heterocycles. The summed E-state index contributed by atoms with van der Waals surface area (Å²) in [5.74, 6) is -3.30. The summed E-state index contributed by atoms with van der Waals surface area (Å²) in [6.07, 6.45) is 1.16. The van der Waals surface area contributed by atoms with Gasteiger partial charge < -0.3 is 10.1 Å². The van der Waals surface area contributed by atoms with E-state index in [0.29, 0.717) is 25.9 Å². The van der Waals surface area contributed by atoms with Crippen LogP contribution in [-0.4, -0.2) is 56.0 Å². The number of nitrogens with one attached hydrogen (secondary N) is 1. The quantitative estimate of drug-likeness (QED) is 0.795. The van der Waals surface area contributed by atoms with E-state index in [0.717, 1.165) is 18.2 Å². The maximum atomic E-state index is 13.5. The van der Waals surface area contributed by atoms with Crippen LogP contribution < -0.4 is 5.32 Å². The molecular weight excluding hydrogens is 407 g/mol. The molecule has 1 N–H and O–H groups in total. The largest absolute Gasteiger partial charge is 0.371 e.